The molecule has 3 saturated carbocycles. The number of fused-ring (bicyclic) bond motifs is 2. The van der Waals surface area contributed by atoms with Crippen molar-refractivity contribution >= 4 is 5.97 Å². The number of esters is 1. The molecular formula is C24H34O2. The molecule has 4 rings (SSSR count). The first-order chi connectivity index (χ1) is 12.4. The third-order valence-corrected chi connectivity index (χ3v) is 8.48. The van der Waals surface area contributed by atoms with Gasteiger partial charge in [-0.15, -0.1) is 0 Å². The van der Waals surface area contributed by atoms with E-state index in [2.05, 4.69) is 20.8 Å². The minimum Gasteiger partial charge on any atom is -0.458 e. The molecule has 3 fully saturated rings. The molecule has 0 amide bonds. The van der Waals surface area contributed by atoms with Crippen LogP contribution in [0.4, 0.5) is 0 Å². The van der Waals surface area contributed by atoms with Crippen LogP contribution in [0, 0.1) is 28.6 Å². The lowest BCUT2D eigenvalue weighted by Gasteiger charge is -2.40. The van der Waals surface area contributed by atoms with Crippen LogP contribution in [-0.4, -0.2) is 12.1 Å². The number of ether oxygens (including phenoxy) is 1. The van der Waals surface area contributed by atoms with Crippen LogP contribution >= 0.6 is 0 Å². The van der Waals surface area contributed by atoms with E-state index in [0.29, 0.717) is 17.4 Å². The van der Waals surface area contributed by atoms with E-state index < -0.39 is 0 Å². The molecule has 0 aliphatic heterocycles. The van der Waals surface area contributed by atoms with Crippen LogP contribution in [0.2, 0.25) is 0 Å². The smallest absolute Gasteiger partial charge is 0.338 e. The van der Waals surface area contributed by atoms with Crippen molar-refractivity contribution in [1.82, 2.24) is 0 Å². The summed E-state index contributed by atoms with van der Waals surface area (Å²) >= 11 is 0. The highest BCUT2D eigenvalue weighted by molar-refractivity contribution is 5.89. The molecular weight excluding hydrogens is 320 g/mol. The normalized spacial score (nSPS) is 36.2. The standard InChI is InChI=1S/C24H34O2/c1-23(2)20-14-15-24(23,3)21(19(20)16-17-10-6-4-7-11-17)26-22(25)18-12-8-5-9-13-18/h5,8-9,12-13,17,19-21H,4,6-7,10-11,14-16H2,1-3H3/t19-,20-,21-,24+/m0/s1. The van der Waals surface area contributed by atoms with Gasteiger partial charge < -0.3 is 4.74 Å². The third-order valence-electron chi connectivity index (χ3n) is 8.48. The van der Waals surface area contributed by atoms with E-state index in [0.717, 1.165) is 5.92 Å². The largest absolute Gasteiger partial charge is 0.458 e. The minimum absolute atomic E-state index is 0.0749. The van der Waals surface area contributed by atoms with Crippen LogP contribution in [0.15, 0.2) is 30.3 Å². The van der Waals surface area contributed by atoms with Gasteiger partial charge in [0, 0.05) is 11.3 Å². The van der Waals surface area contributed by atoms with E-state index in [4.69, 9.17) is 4.74 Å². The van der Waals surface area contributed by atoms with Gasteiger partial charge in [0.2, 0.25) is 0 Å². The number of carbonyl (C=O) groups excluding carboxylic acids is 1. The molecule has 0 radical (unpaired) electrons. The molecule has 142 valence electrons. The maximum Gasteiger partial charge on any atom is 0.338 e. The van der Waals surface area contributed by atoms with E-state index >= 15 is 0 Å². The Balaban J connectivity index is 1.57. The summed E-state index contributed by atoms with van der Waals surface area (Å²) in [7, 11) is 0. The van der Waals surface area contributed by atoms with Crippen LogP contribution in [0.5, 0.6) is 0 Å². The third kappa shape index (κ3) is 2.80. The van der Waals surface area contributed by atoms with Crippen molar-refractivity contribution in [1.29, 1.82) is 0 Å². The molecule has 26 heavy (non-hydrogen) atoms. The molecule has 1 aromatic rings. The summed E-state index contributed by atoms with van der Waals surface area (Å²) in [5.74, 6) is 1.95. The van der Waals surface area contributed by atoms with E-state index in [1.165, 1.54) is 51.4 Å². The fourth-order valence-corrected chi connectivity index (χ4v) is 6.57. The van der Waals surface area contributed by atoms with Crippen molar-refractivity contribution in [2.75, 3.05) is 0 Å². The average Bonchev–Trinajstić information content (AvgIpc) is 2.96. The van der Waals surface area contributed by atoms with Gasteiger partial charge in [-0.2, -0.15) is 0 Å². The lowest BCUT2D eigenvalue weighted by atomic mass is 9.69. The molecule has 3 aliphatic carbocycles. The number of carbonyl (C=O) groups is 1. The molecule has 0 saturated heterocycles. The van der Waals surface area contributed by atoms with Crippen LogP contribution in [0.25, 0.3) is 0 Å². The molecule has 2 heteroatoms. The van der Waals surface area contributed by atoms with Gasteiger partial charge in [0.1, 0.15) is 6.10 Å². The van der Waals surface area contributed by atoms with Gasteiger partial charge in [-0.05, 0) is 48.6 Å². The summed E-state index contributed by atoms with van der Waals surface area (Å²) in [6, 6.07) is 9.54. The zero-order valence-electron chi connectivity index (χ0n) is 16.7. The average molecular weight is 355 g/mol. The van der Waals surface area contributed by atoms with E-state index in [9.17, 15) is 4.79 Å². The Labute approximate surface area is 158 Å². The lowest BCUT2D eigenvalue weighted by Crippen LogP contribution is -2.41. The quantitative estimate of drug-likeness (QED) is 0.597. The summed E-state index contributed by atoms with van der Waals surface area (Å²) in [6.07, 6.45) is 10.8. The Morgan fingerprint density at radius 2 is 1.73 bits per heavy atom. The molecule has 3 aliphatic rings. The van der Waals surface area contributed by atoms with Crippen molar-refractivity contribution in [2.24, 2.45) is 28.6 Å². The highest BCUT2D eigenvalue weighted by atomic mass is 16.5. The van der Waals surface area contributed by atoms with E-state index in [1.54, 1.807) is 0 Å². The first kappa shape index (κ1) is 18.1. The zero-order valence-corrected chi connectivity index (χ0v) is 16.7. The van der Waals surface area contributed by atoms with Crippen LogP contribution in [0.3, 0.4) is 0 Å². The fraction of sp³-hybridized carbons (Fsp3) is 0.708. The van der Waals surface area contributed by atoms with Gasteiger partial charge in [0.15, 0.2) is 0 Å². The van der Waals surface area contributed by atoms with E-state index in [-0.39, 0.29) is 22.9 Å². The van der Waals surface area contributed by atoms with Gasteiger partial charge in [0.05, 0.1) is 5.56 Å². The summed E-state index contributed by atoms with van der Waals surface area (Å²) < 4.78 is 6.29. The predicted octanol–water partition coefficient (Wildman–Crippen LogP) is 6.25. The molecule has 0 N–H and O–H groups in total. The highest BCUT2D eigenvalue weighted by Gasteiger charge is 2.67. The second kappa shape index (κ2) is 6.69. The molecule has 2 nitrogen and oxygen atoms in total. The summed E-state index contributed by atoms with van der Waals surface area (Å²) in [5.41, 5.74) is 1.06. The number of rotatable bonds is 4. The Kier molecular flexibility index (Phi) is 4.65. The Morgan fingerprint density at radius 3 is 2.42 bits per heavy atom. The minimum atomic E-state index is -0.131. The van der Waals surface area contributed by atoms with Crippen LogP contribution in [-0.2, 0) is 4.74 Å². The van der Waals surface area contributed by atoms with Crippen LogP contribution < -0.4 is 0 Å². The Morgan fingerprint density at radius 1 is 1.04 bits per heavy atom. The summed E-state index contributed by atoms with van der Waals surface area (Å²) in [6.45, 7) is 7.24. The SMILES string of the molecule is CC1(C)[C@H]2CC[C@]1(C)[C@@H](OC(=O)c1ccccc1)[C@H]2CC1CCCCC1. The van der Waals surface area contributed by atoms with Gasteiger partial charge in [0.25, 0.3) is 0 Å². The van der Waals surface area contributed by atoms with Crippen molar-refractivity contribution in [3.8, 4) is 0 Å². The monoisotopic (exact) mass is 354 g/mol. The van der Waals surface area contributed by atoms with Crippen molar-refractivity contribution in [3.05, 3.63) is 35.9 Å². The predicted molar refractivity (Wildman–Crippen MR) is 105 cm³/mol. The summed E-state index contributed by atoms with van der Waals surface area (Å²) in [4.78, 5) is 12.8. The van der Waals surface area contributed by atoms with Gasteiger partial charge in [-0.25, -0.2) is 4.79 Å². The van der Waals surface area contributed by atoms with Crippen LogP contribution in [0.1, 0.15) is 82.5 Å². The molecule has 4 atom stereocenters. The molecule has 0 heterocycles. The molecule has 0 aromatic heterocycles. The number of benzene rings is 1. The maximum absolute atomic E-state index is 12.8. The number of hydrogen-bond donors (Lipinski definition) is 0. The fourth-order valence-electron chi connectivity index (χ4n) is 6.57. The van der Waals surface area contributed by atoms with Gasteiger partial charge in [-0.1, -0.05) is 71.1 Å². The number of hydrogen-bond acceptors (Lipinski definition) is 2. The zero-order chi connectivity index (χ0) is 18.4. The topological polar surface area (TPSA) is 26.3 Å². The first-order valence-electron chi connectivity index (χ1n) is 10.7. The van der Waals surface area contributed by atoms with Gasteiger partial charge in [-0.3, -0.25) is 0 Å². The van der Waals surface area contributed by atoms with Crippen molar-refractivity contribution < 1.29 is 9.53 Å². The molecule has 1 aromatic carbocycles. The highest BCUT2D eigenvalue weighted by Crippen LogP contribution is 2.69. The van der Waals surface area contributed by atoms with E-state index in [1.807, 2.05) is 30.3 Å². The maximum atomic E-state index is 12.8. The molecule has 2 bridgehead atoms. The summed E-state index contributed by atoms with van der Waals surface area (Å²) in [5, 5.41) is 0. The molecule has 0 unspecified atom stereocenters. The lowest BCUT2D eigenvalue weighted by molar-refractivity contribution is -0.0454. The van der Waals surface area contributed by atoms with Gasteiger partial charge >= 0.3 is 5.97 Å². The first-order valence-corrected chi connectivity index (χ1v) is 10.7. The van der Waals surface area contributed by atoms with Crippen molar-refractivity contribution in [3.63, 3.8) is 0 Å². The Bertz CT molecular complexity index is 643. The second-order valence-corrected chi connectivity index (χ2v) is 9.88. The Hall–Kier alpha value is -1.31. The molecule has 0 spiro atoms. The second-order valence-electron chi connectivity index (χ2n) is 9.88. The van der Waals surface area contributed by atoms with Crippen molar-refractivity contribution in [2.45, 2.75) is 78.2 Å².